The van der Waals surface area contributed by atoms with Crippen molar-refractivity contribution in [2.45, 2.75) is 25.7 Å². The van der Waals surface area contributed by atoms with Crippen molar-refractivity contribution in [2.24, 2.45) is 5.92 Å². The SMILES string of the molecule is Cc1cc2ccnn2c(C(=O)NCC2CC2)c1NC(=O)c1cc(N2CC(F)(F)C2)nn1-c1ncccc1Cl. The zero-order valence-electron chi connectivity index (χ0n) is 20.3. The number of aryl methyl sites for hydroxylation is 1. The third-order valence-electron chi connectivity index (χ3n) is 6.62. The van der Waals surface area contributed by atoms with Gasteiger partial charge in [-0.25, -0.2) is 23.0 Å². The Hall–Kier alpha value is -4.06. The number of amides is 2. The van der Waals surface area contributed by atoms with Crippen LogP contribution in [0.25, 0.3) is 11.3 Å². The topological polar surface area (TPSA) is 109 Å². The smallest absolute Gasteiger partial charge is 0.282 e. The summed E-state index contributed by atoms with van der Waals surface area (Å²) >= 11 is 6.33. The summed E-state index contributed by atoms with van der Waals surface area (Å²) in [5.74, 6) is -3.00. The van der Waals surface area contributed by atoms with Crippen molar-refractivity contribution in [3.63, 3.8) is 0 Å². The molecule has 13 heteroatoms. The first-order chi connectivity index (χ1) is 18.2. The number of rotatable bonds is 7. The summed E-state index contributed by atoms with van der Waals surface area (Å²) < 4.78 is 29.8. The summed E-state index contributed by atoms with van der Waals surface area (Å²) in [6, 6.07) is 8.19. The highest BCUT2D eigenvalue weighted by Gasteiger charge is 2.45. The molecular weight excluding hydrogens is 518 g/mol. The van der Waals surface area contributed by atoms with Gasteiger partial charge in [-0.3, -0.25) is 9.59 Å². The summed E-state index contributed by atoms with van der Waals surface area (Å²) in [7, 11) is 0. The van der Waals surface area contributed by atoms with E-state index in [2.05, 4.69) is 25.8 Å². The summed E-state index contributed by atoms with van der Waals surface area (Å²) in [6.45, 7) is 1.29. The molecule has 0 bridgehead atoms. The van der Waals surface area contributed by atoms with Gasteiger partial charge in [-0.1, -0.05) is 11.6 Å². The van der Waals surface area contributed by atoms with Gasteiger partial charge >= 0.3 is 0 Å². The first kappa shape index (κ1) is 24.3. The number of hydrogen-bond donors (Lipinski definition) is 2. The zero-order valence-corrected chi connectivity index (χ0v) is 21.0. The number of nitrogens with one attached hydrogen (secondary N) is 2. The van der Waals surface area contributed by atoms with E-state index in [4.69, 9.17) is 11.6 Å². The van der Waals surface area contributed by atoms with Gasteiger partial charge in [0.2, 0.25) is 0 Å². The van der Waals surface area contributed by atoms with E-state index >= 15 is 0 Å². The van der Waals surface area contributed by atoms with Crippen molar-refractivity contribution in [3.05, 3.63) is 64.7 Å². The van der Waals surface area contributed by atoms with E-state index in [0.717, 1.165) is 12.8 Å². The Balaban J connectivity index is 1.39. The molecule has 1 aliphatic carbocycles. The molecule has 4 aromatic rings. The molecule has 0 aromatic carbocycles. The molecule has 196 valence electrons. The maximum atomic E-state index is 13.7. The Morgan fingerprint density at radius 2 is 1.95 bits per heavy atom. The number of hydrogen-bond acceptors (Lipinski definition) is 6. The second kappa shape index (κ2) is 9.05. The van der Waals surface area contributed by atoms with Crippen LogP contribution in [0.2, 0.25) is 5.02 Å². The van der Waals surface area contributed by atoms with Crippen molar-refractivity contribution in [3.8, 4) is 5.82 Å². The molecule has 5 heterocycles. The van der Waals surface area contributed by atoms with Crippen molar-refractivity contribution >= 4 is 40.4 Å². The predicted molar refractivity (Wildman–Crippen MR) is 136 cm³/mol. The zero-order chi connectivity index (χ0) is 26.6. The van der Waals surface area contributed by atoms with Gasteiger partial charge in [0.25, 0.3) is 17.7 Å². The molecule has 0 atom stereocenters. The number of carbonyl (C=O) groups is 2. The van der Waals surface area contributed by atoms with Crippen LogP contribution in [0.3, 0.4) is 0 Å². The summed E-state index contributed by atoms with van der Waals surface area (Å²) in [5, 5.41) is 14.7. The Morgan fingerprint density at radius 3 is 2.66 bits per heavy atom. The van der Waals surface area contributed by atoms with Gasteiger partial charge < -0.3 is 15.5 Å². The molecule has 2 N–H and O–H groups in total. The monoisotopic (exact) mass is 540 g/mol. The number of pyridine rings is 2. The number of alkyl halides is 2. The summed E-state index contributed by atoms with van der Waals surface area (Å²) in [6.07, 6.45) is 5.20. The Morgan fingerprint density at radius 1 is 1.16 bits per heavy atom. The standard InChI is InChI=1S/C25H23ClF2N8O2/c1-14-9-16-6-8-31-35(16)21(24(38)30-11-15-4-5-15)20(14)32-23(37)18-10-19(34-12-25(27,28)13-34)33-36(18)22-17(26)3-2-7-29-22/h2-3,6-10,15H,4-5,11-13H2,1H3,(H,30,38)(H,32,37). The third-order valence-corrected chi connectivity index (χ3v) is 6.91. The molecule has 1 saturated heterocycles. The van der Waals surface area contributed by atoms with Crippen LogP contribution >= 0.6 is 11.6 Å². The quantitative estimate of drug-likeness (QED) is 0.370. The van der Waals surface area contributed by atoms with Gasteiger partial charge in [0.1, 0.15) is 5.69 Å². The van der Waals surface area contributed by atoms with E-state index in [1.807, 2.05) is 0 Å². The molecule has 2 fully saturated rings. The van der Waals surface area contributed by atoms with E-state index in [-0.39, 0.29) is 39.6 Å². The van der Waals surface area contributed by atoms with Crippen LogP contribution in [0.5, 0.6) is 0 Å². The number of aromatic nitrogens is 5. The van der Waals surface area contributed by atoms with E-state index in [0.29, 0.717) is 23.5 Å². The summed E-state index contributed by atoms with van der Waals surface area (Å²) in [5.41, 5.74) is 1.82. The van der Waals surface area contributed by atoms with Gasteiger partial charge in [0, 0.05) is 18.8 Å². The fourth-order valence-electron chi connectivity index (χ4n) is 4.44. The highest BCUT2D eigenvalue weighted by molar-refractivity contribution is 6.32. The van der Waals surface area contributed by atoms with Crippen LogP contribution in [0.15, 0.2) is 42.7 Å². The fourth-order valence-corrected chi connectivity index (χ4v) is 4.64. The molecular formula is C25H23ClF2N8O2. The van der Waals surface area contributed by atoms with E-state index in [9.17, 15) is 18.4 Å². The first-order valence-corrected chi connectivity index (χ1v) is 12.5. The molecule has 1 aliphatic heterocycles. The second-order valence-corrected chi connectivity index (χ2v) is 10.1. The average molecular weight is 541 g/mol. The Bertz CT molecular complexity index is 1570. The van der Waals surface area contributed by atoms with E-state index < -0.39 is 24.9 Å². The van der Waals surface area contributed by atoms with Crippen LogP contribution in [0.4, 0.5) is 20.3 Å². The lowest BCUT2D eigenvalue weighted by Crippen LogP contribution is -2.56. The number of carbonyl (C=O) groups excluding carboxylic acids is 2. The number of halogens is 3. The van der Waals surface area contributed by atoms with Gasteiger partial charge in [-0.15, -0.1) is 5.10 Å². The van der Waals surface area contributed by atoms with Crippen LogP contribution in [-0.2, 0) is 0 Å². The minimum absolute atomic E-state index is 0.0140. The summed E-state index contributed by atoms with van der Waals surface area (Å²) in [4.78, 5) is 32.6. The lowest BCUT2D eigenvalue weighted by molar-refractivity contribution is -0.0267. The minimum Gasteiger partial charge on any atom is -0.350 e. The largest absolute Gasteiger partial charge is 0.350 e. The Labute approximate surface area is 220 Å². The number of anilines is 2. The molecule has 4 aromatic heterocycles. The van der Waals surface area contributed by atoms with Crippen LogP contribution < -0.4 is 15.5 Å². The maximum Gasteiger partial charge on any atom is 0.282 e. The molecule has 2 aliphatic rings. The van der Waals surface area contributed by atoms with Gasteiger partial charge in [0.15, 0.2) is 17.3 Å². The van der Waals surface area contributed by atoms with Crippen molar-refractivity contribution in [1.29, 1.82) is 0 Å². The minimum atomic E-state index is -2.83. The second-order valence-electron chi connectivity index (χ2n) is 9.65. The molecule has 0 radical (unpaired) electrons. The van der Waals surface area contributed by atoms with Crippen molar-refractivity contribution in [2.75, 3.05) is 29.9 Å². The molecule has 1 saturated carbocycles. The van der Waals surface area contributed by atoms with Crippen LogP contribution in [0.1, 0.15) is 39.4 Å². The lowest BCUT2D eigenvalue weighted by Gasteiger charge is -2.38. The third kappa shape index (κ3) is 4.44. The van der Waals surface area contributed by atoms with E-state index in [1.54, 1.807) is 37.4 Å². The molecule has 0 spiro atoms. The molecule has 38 heavy (non-hydrogen) atoms. The number of nitrogens with zero attached hydrogens (tertiary/aromatic N) is 6. The highest BCUT2D eigenvalue weighted by Crippen LogP contribution is 2.33. The van der Waals surface area contributed by atoms with Crippen LogP contribution in [0, 0.1) is 12.8 Å². The van der Waals surface area contributed by atoms with Gasteiger partial charge in [0.05, 0.1) is 35.5 Å². The number of fused-ring (bicyclic) bond motifs is 1. The Kier molecular flexibility index (Phi) is 5.78. The highest BCUT2D eigenvalue weighted by atomic mass is 35.5. The molecule has 6 rings (SSSR count). The molecule has 2 amide bonds. The van der Waals surface area contributed by atoms with Crippen molar-refractivity contribution in [1.82, 2.24) is 29.7 Å². The normalized spacial score (nSPS) is 16.4. The fraction of sp³-hybridized carbons (Fsp3) is 0.320. The van der Waals surface area contributed by atoms with E-state index in [1.165, 1.54) is 26.4 Å². The molecule has 0 unspecified atom stereocenters. The molecule has 10 nitrogen and oxygen atoms in total. The first-order valence-electron chi connectivity index (χ1n) is 12.1. The maximum absolute atomic E-state index is 13.7. The lowest BCUT2D eigenvalue weighted by atomic mass is 10.1. The van der Waals surface area contributed by atoms with Crippen LogP contribution in [-0.4, -0.2) is 61.7 Å². The van der Waals surface area contributed by atoms with Gasteiger partial charge in [-0.2, -0.15) is 5.10 Å². The van der Waals surface area contributed by atoms with Gasteiger partial charge in [-0.05, 0) is 55.5 Å². The van der Waals surface area contributed by atoms with Crippen molar-refractivity contribution < 1.29 is 18.4 Å². The predicted octanol–water partition coefficient (Wildman–Crippen LogP) is 3.72. The average Bonchev–Trinajstić information content (AvgIpc) is 3.40.